The lowest BCUT2D eigenvalue weighted by Gasteiger charge is -2.33. The second-order valence-electron chi connectivity index (χ2n) is 4.43. The van der Waals surface area contributed by atoms with Crippen molar-refractivity contribution in [1.29, 1.82) is 0 Å². The van der Waals surface area contributed by atoms with Crippen LogP contribution in [0.4, 0.5) is 4.79 Å². The molecule has 2 amide bonds. The lowest BCUT2D eigenvalue weighted by Crippen LogP contribution is -2.53. The highest BCUT2D eigenvalue weighted by Gasteiger charge is 2.27. The first-order valence-electron chi connectivity index (χ1n) is 6.40. The SMILES string of the molecule is CCS(=O)(=O)N1CCN(C(=O)NCc2cscn2)CC1. The van der Waals surface area contributed by atoms with Gasteiger partial charge in [0.15, 0.2) is 0 Å². The van der Waals surface area contributed by atoms with Gasteiger partial charge in [0.25, 0.3) is 0 Å². The smallest absolute Gasteiger partial charge is 0.317 e. The van der Waals surface area contributed by atoms with Gasteiger partial charge in [0, 0.05) is 31.6 Å². The fourth-order valence-electron chi connectivity index (χ4n) is 1.95. The maximum atomic E-state index is 11.9. The van der Waals surface area contributed by atoms with Gasteiger partial charge in [-0.3, -0.25) is 0 Å². The van der Waals surface area contributed by atoms with Gasteiger partial charge in [-0.25, -0.2) is 18.2 Å². The number of hydrogen-bond donors (Lipinski definition) is 1. The first-order valence-corrected chi connectivity index (χ1v) is 8.96. The molecule has 2 rings (SSSR count). The average Bonchev–Trinajstić information content (AvgIpc) is 2.98. The third kappa shape index (κ3) is 3.68. The van der Waals surface area contributed by atoms with Crippen molar-refractivity contribution in [3.8, 4) is 0 Å². The van der Waals surface area contributed by atoms with E-state index in [-0.39, 0.29) is 11.8 Å². The van der Waals surface area contributed by atoms with Crippen LogP contribution in [0.2, 0.25) is 0 Å². The number of rotatable bonds is 4. The van der Waals surface area contributed by atoms with Gasteiger partial charge in [0.05, 0.1) is 23.5 Å². The Bertz CT molecular complexity index is 536. The van der Waals surface area contributed by atoms with Gasteiger partial charge in [-0.15, -0.1) is 11.3 Å². The van der Waals surface area contributed by atoms with Crippen LogP contribution in [0.1, 0.15) is 12.6 Å². The number of aromatic nitrogens is 1. The van der Waals surface area contributed by atoms with Crippen LogP contribution in [0.25, 0.3) is 0 Å². The van der Waals surface area contributed by atoms with Gasteiger partial charge in [0.1, 0.15) is 0 Å². The zero-order chi connectivity index (χ0) is 14.6. The molecule has 7 nitrogen and oxygen atoms in total. The molecule has 1 aliphatic heterocycles. The topological polar surface area (TPSA) is 82.6 Å². The van der Waals surface area contributed by atoms with Crippen molar-refractivity contribution in [2.45, 2.75) is 13.5 Å². The molecule has 0 unspecified atom stereocenters. The van der Waals surface area contributed by atoms with Gasteiger partial charge in [-0.1, -0.05) is 0 Å². The van der Waals surface area contributed by atoms with Crippen LogP contribution in [0.5, 0.6) is 0 Å². The fraction of sp³-hybridized carbons (Fsp3) is 0.636. The third-order valence-corrected chi connectivity index (χ3v) is 5.71. The van der Waals surface area contributed by atoms with E-state index in [0.717, 1.165) is 5.69 Å². The second-order valence-corrected chi connectivity index (χ2v) is 7.40. The first kappa shape index (κ1) is 15.2. The number of sulfonamides is 1. The highest BCUT2D eigenvalue weighted by molar-refractivity contribution is 7.89. The Morgan fingerprint density at radius 2 is 2.10 bits per heavy atom. The Labute approximate surface area is 122 Å². The molecule has 0 radical (unpaired) electrons. The standard InChI is InChI=1S/C11H18N4O3S2/c1-2-20(17,18)15-5-3-14(4-6-15)11(16)12-7-10-8-19-9-13-10/h8-9H,2-7H2,1H3,(H,12,16). The molecule has 9 heteroatoms. The van der Waals surface area contributed by atoms with Crippen LogP contribution >= 0.6 is 11.3 Å². The molecule has 0 spiro atoms. The van der Waals surface area contributed by atoms with Crippen LogP contribution < -0.4 is 5.32 Å². The van der Waals surface area contributed by atoms with Crippen LogP contribution in [0.3, 0.4) is 0 Å². The molecule has 1 fully saturated rings. The number of carbonyl (C=O) groups excluding carboxylic acids is 1. The van der Waals surface area contributed by atoms with Crippen molar-refractivity contribution in [3.63, 3.8) is 0 Å². The van der Waals surface area contributed by atoms with Crippen molar-refractivity contribution in [1.82, 2.24) is 19.5 Å². The average molecular weight is 318 g/mol. The van der Waals surface area contributed by atoms with E-state index in [9.17, 15) is 13.2 Å². The predicted molar refractivity (Wildman–Crippen MR) is 77.0 cm³/mol. The summed E-state index contributed by atoms with van der Waals surface area (Å²) >= 11 is 1.48. The molecule has 1 saturated heterocycles. The van der Waals surface area contributed by atoms with Crippen molar-refractivity contribution in [3.05, 3.63) is 16.6 Å². The number of carbonyl (C=O) groups is 1. The molecule has 0 atom stereocenters. The van der Waals surface area contributed by atoms with Gasteiger partial charge in [0.2, 0.25) is 10.0 Å². The quantitative estimate of drug-likeness (QED) is 0.867. The van der Waals surface area contributed by atoms with Gasteiger partial charge in [-0.2, -0.15) is 4.31 Å². The van der Waals surface area contributed by atoms with Gasteiger partial charge < -0.3 is 10.2 Å². The Balaban J connectivity index is 1.80. The van der Waals surface area contributed by atoms with Crippen molar-refractivity contribution in [2.75, 3.05) is 31.9 Å². The second kappa shape index (κ2) is 6.51. The number of amides is 2. The fourth-order valence-corrected chi connectivity index (χ4v) is 3.60. The summed E-state index contributed by atoms with van der Waals surface area (Å²) in [7, 11) is -3.15. The maximum Gasteiger partial charge on any atom is 0.317 e. The summed E-state index contributed by atoms with van der Waals surface area (Å²) in [5.74, 6) is 0.100. The molecule has 1 aromatic heterocycles. The molecule has 20 heavy (non-hydrogen) atoms. The Hall–Kier alpha value is -1.19. The summed E-state index contributed by atoms with van der Waals surface area (Å²) in [6, 6.07) is -0.174. The van der Waals surface area contributed by atoms with E-state index in [4.69, 9.17) is 0 Å². The van der Waals surface area contributed by atoms with Crippen LogP contribution in [0.15, 0.2) is 10.9 Å². The number of nitrogens with zero attached hydrogens (tertiary/aromatic N) is 3. The first-order chi connectivity index (χ1) is 9.53. The minimum Gasteiger partial charge on any atom is -0.332 e. The summed E-state index contributed by atoms with van der Waals surface area (Å²) in [6.07, 6.45) is 0. The lowest BCUT2D eigenvalue weighted by atomic mass is 10.4. The highest BCUT2D eigenvalue weighted by atomic mass is 32.2. The number of thiazole rings is 1. The molecule has 0 aliphatic carbocycles. The molecule has 1 aromatic rings. The van der Waals surface area contributed by atoms with Crippen LogP contribution in [0, 0.1) is 0 Å². The normalized spacial score (nSPS) is 17.1. The summed E-state index contributed by atoms with van der Waals surface area (Å²) in [5, 5.41) is 4.67. The van der Waals surface area contributed by atoms with E-state index in [1.54, 1.807) is 17.3 Å². The zero-order valence-corrected chi connectivity index (χ0v) is 12.9. The molecule has 1 aliphatic rings. The zero-order valence-electron chi connectivity index (χ0n) is 11.3. The summed E-state index contributed by atoms with van der Waals surface area (Å²) in [5.41, 5.74) is 2.55. The summed E-state index contributed by atoms with van der Waals surface area (Å²) in [6.45, 7) is 3.59. The molecular formula is C11H18N4O3S2. The minimum atomic E-state index is -3.15. The van der Waals surface area contributed by atoms with Gasteiger partial charge >= 0.3 is 6.03 Å². The van der Waals surface area contributed by atoms with E-state index in [2.05, 4.69) is 10.3 Å². The van der Waals surface area contributed by atoms with Gasteiger partial charge in [-0.05, 0) is 6.92 Å². The molecular weight excluding hydrogens is 300 g/mol. The maximum absolute atomic E-state index is 11.9. The van der Waals surface area contributed by atoms with E-state index in [1.165, 1.54) is 15.6 Å². The molecule has 2 heterocycles. The van der Waals surface area contributed by atoms with Crippen LogP contribution in [-0.4, -0.2) is 60.6 Å². The molecule has 0 aromatic carbocycles. The lowest BCUT2D eigenvalue weighted by molar-refractivity contribution is 0.172. The highest BCUT2D eigenvalue weighted by Crippen LogP contribution is 2.08. The van der Waals surface area contributed by atoms with E-state index in [1.807, 2.05) is 5.38 Å². The largest absolute Gasteiger partial charge is 0.332 e. The van der Waals surface area contributed by atoms with Crippen molar-refractivity contribution < 1.29 is 13.2 Å². The monoisotopic (exact) mass is 318 g/mol. The number of urea groups is 1. The molecule has 112 valence electrons. The molecule has 0 saturated carbocycles. The van der Waals surface area contributed by atoms with Crippen LogP contribution in [-0.2, 0) is 16.6 Å². The Kier molecular flexibility index (Phi) is 4.95. The Morgan fingerprint density at radius 1 is 1.40 bits per heavy atom. The number of piperazine rings is 1. The predicted octanol–water partition coefficient (Wildman–Crippen LogP) is 0.320. The van der Waals surface area contributed by atoms with E-state index < -0.39 is 10.0 Å². The van der Waals surface area contributed by atoms with E-state index in [0.29, 0.717) is 32.7 Å². The molecule has 0 bridgehead atoms. The number of hydrogen-bond acceptors (Lipinski definition) is 5. The van der Waals surface area contributed by atoms with Crippen molar-refractivity contribution >= 4 is 27.4 Å². The third-order valence-electron chi connectivity index (χ3n) is 3.19. The summed E-state index contributed by atoms with van der Waals surface area (Å²) in [4.78, 5) is 17.7. The van der Waals surface area contributed by atoms with E-state index >= 15 is 0 Å². The van der Waals surface area contributed by atoms with Crippen molar-refractivity contribution in [2.24, 2.45) is 0 Å². The number of nitrogens with one attached hydrogen (secondary N) is 1. The minimum absolute atomic E-state index is 0.100. The summed E-state index contributed by atoms with van der Waals surface area (Å²) < 4.78 is 24.9. The Morgan fingerprint density at radius 3 is 2.65 bits per heavy atom. The molecule has 1 N–H and O–H groups in total.